The van der Waals surface area contributed by atoms with E-state index < -0.39 is 12.0 Å². The van der Waals surface area contributed by atoms with Crippen molar-refractivity contribution in [1.82, 2.24) is 5.32 Å². The summed E-state index contributed by atoms with van der Waals surface area (Å²) in [5, 5.41) is 3.90. The number of amides is 1. The second-order valence-electron chi connectivity index (χ2n) is 5.79. The van der Waals surface area contributed by atoms with E-state index in [2.05, 4.69) is 5.32 Å². The molecule has 4 nitrogen and oxygen atoms in total. The number of ether oxygens (including phenoxy) is 1. The number of carbonyl (C=O) groups excluding carboxylic acids is 2. The Bertz CT molecular complexity index is 902. The van der Waals surface area contributed by atoms with Crippen molar-refractivity contribution in [2.45, 2.75) is 19.4 Å². The van der Waals surface area contributed by atoms with Crippen LogP contribution in [0.25, 0.3) is 10.1 Å². The minimum absolute atomic E-state index is 0.245. The Labute approximate surface area is 150 Å². The molecule has 1 aromatic heterocycles. The maximum absolute atomic E-state index is 12.7. The van der Waals surface area contributed by atoms with Crippen molar-refractivity contribution < 1.29 is 14.3 Å². The average molecular weight is 353 g/mol. The van der Waals surface area contributed by atoms with E-state index in [1.807, 2.05) is 61.5 Å². The smallest absolute Gasteiger partial charge is 0.328 e. The summed E-state index contributed by atoms with van der Waals surface area (Å²) in [4.78, 5) is 25.5. The summed E-state index contributed by atoms with van der Waals surface area (Å²) in [6, 6.07) is 16.7. The molecule has 2 aromatic carbocycles. The number of hydrogen-bond donors (Lipinski definition) is 1. The molecule has 0 saturated heterocycles. The Kier molecular flexibility index (Phi) is 5.14. The molecule has 0 saturated carbocycles. The van der Waals surface area contributed by atoms with Crippen molar-refractivity contribution in [3.05, 3.63) is 70.6 Å². The molecule has 25 heavy (non-hydrogen) atoms. The molecule has 3 aromatic rings. The molecule has 1 atom stereocenters. The monoisotopic (exact) mass is 353 g/mol. The Morgan fingerprint density at radius 2 is 1.76 bits per heavy atom. The molecule has 0 aliphatic rings. The molecule has 0 radical (unpaired) electrons. The van der Waals surface area contributed by atoms with Gasteiger partial charge in [-0.3, -0.25) is 4.79 Å². The molecule has 1 amide bonds. The molecule has 1 N–H and O–H groups in total. The average Bonchev–Trinajstić information content (AvgIpc) is 2.98. The van der Waals surface area contributed by atoms with Gasteiger partial charge in [-0.15, -0.1) is 11.3 Å². The minimum atomic E-state index is -0.718. The Hall–Kier alpha value is -2.66. The number of fused-ring (bicyclic) bond motifs is 1. The summed E-state index contributed by atoms with van der Waals surface area (Å²) in [7, 11) is 1.33. The second-order valence-corrected chi connectivity index (χ2v) is 6.84. The van der Waals surface area contributed by atoms with E-state index in [4.69, 9.17) is 4.74 Å². The van der Waals surface area contributed by atoms with Crippen LogP contribution < -0.4 is 5.32 Å². The normalized spacial score (nSPS) is 11.9. The van der Waals surface area contributed by atoms with E-state index in [-0.39, 0.29) is 5.91 Å². The van der Waals surface area contributed by atoms with Gasteiger partial charge in [0.25, 0.3) is 5.91 Å². The molecular weight excluding hydrogens is 334 g/mol. The van der Waals surface area contributed by atoms with Crippen LogP contribution in [-0.4, -0.2) is 25.0 Å². The molecule has 0 aliphatic heterocycles. The van der Waals surface area contributed by atoms with Gasteiger partial charge in [0.15, 0.2) is 0 Å². The standard InChI is InChI=1S/C20H19NO3S/c1-13-15-10-6-7-11-17(15)25-18(13)19(22)21-16(20(23)24-2)12-14-8-4-3-5-9-14/h3-11,16H,12H2,1-2H3,(H,21,22)/t16-/m0/s1. The zero-order valence-electron chi connectivity index (χ0n) is 14.1. The van der Waals surface area contributed by atoms with Crippen LogP contribution in [0.1, 0.15) is 20.8 Å². The van der Waals surface area contributed by atoms with Gasteiger partial charge in [0.2, 0.25) is 0 Å². The summed E-state index contributed by atoms with van der Waals surface area (Å²) in [5.41, 5.74) is 1.90. The van der Waals surface area contributed by atoms with Gasteiger partial charge >= 0.3 is 5.97 Å². The first-order chi connectivity index (χ1) is 12.1. The molecule has 5 heteroatoms. The summed E-state index contributed by atoms with van der Waals surface area (Å²) >= 11 is 1.44. The van der Waals surface area contributed by atoms with Crippen molar-refractivity contribution in [3.8, 4) is 0 Å². The fourth-order valence-electron chi connectivity index (χ4n) is 2.80. The third-order valence-corrected chi connectivity index (χ3v) is 5.40. The van der Waals surface area contributed by atoms with E-state index in [1.165, 1.54) is 18.4 Å². The van der Waals surface area contributed by atoms with Crippen LogP contribution in [0.15, 0.2) is 54.6 Å². The molecule has 128 valence electrons. The van der Waals surface area contributed by atoms with Crippen molar-refractivity contribution >= 4 is 33.3 Å². The van der Waals surface area contributed by atoms with Crippen molar-refractivity contribution in [3.63, 3.8) is 0 Å². The molecule has 1 heterocycles. The fraction of sp³-hybridized carbons (Fsp3) is 0.200. The third kappa shape index (κ3) is 3.72. The molecule has 0 fully saturated rings. The van der Waals surface area contributed by atoms with Gasteiger partial charge in [-0.2, -0.15) is 0 Å². The van der Waals surface area contributed by atoms with E-state index in [1.54, 1.807) is 0 Å². The lowest BCUT2D eigenvalue weighted by atomic mass is 10.1. The lowest BCUT2D eigenvalue weighted by Gasteiger charge is -2.16. The zero-order valence-corrected chi connectivity index (χ0v) is 14.9. The lowest BCUT2D eigenvalue weighted by Crippen LogP contribution is -2.43. The molecule has 0 bridgehead atoms. The molecular formula is C20H19NO3S. The predicted molar refractivity (Wildman–Crippen MR) is 100.0 cm³/mol. The van der Waals surface area contributed by atoms with E-state index in [9.17, 15) is 9.59 Å². The van der Waals surface area contributed by atoms with Gasteiger partial charge in [0, 0.05) is 11.1 Å². The predicted octanol–water partition coefficient (Wildman–Crippen LogP) is 3.72. The van der Waals surface area contributed by atoms with Gasteiger partial charge in [-0.25, -0.2) is 4.79 Å². The topological polar surface area (TPSA) is 55.4 Å². The number of carbonyl (C=O) groups is 2. The maximum atomic E-state index is 12.7. The SMILES string of the molecule is COC(=O)[C@H](Cc1ccccc1)NC(=O)c1sc2ccccc2c1C. The Morgan fingerprint density at radius 3 is 2.44 bits per heavy atom. The van der Waals surface area contributed by atoms with E-state index in [0.29, 0.717) is 11.3 Å². The number of nitrogens with one attached hydrogen (secondary N) is 1. The van der Waals surface area contributed by atoms with Crippen LogP contribution in [0, 0.1) is 6.92 Å². The first-order valence-corrected chi connectivity index (χ1v) is 8.82. The number of methoxy groups -OCH3 is 1. The van der Waals surface area contributed by atoms with E-state index >= 15 is 0 Å². The highest BCUT2D eigenvalue weighted by molar-refractivity contribution is 7.21. The number of hydrogen-bond acceptors (Lipinski definition) is 4. The van der Waals surface area contributed by atoms with Gasteiger partial charge in [0.1, 0.15) is 6.04 Å². The van der Waals surface area contributed by atoms with Crippen LogP contribution >= 0.6 is 11.3 Å². The van der Waals surface area contributed by atoms with Crippen molar-refractivity contribution in [2.75, 3.05) is 7.11 Å². The minimum Gasteiger partial charge on any atom is -0.467 e. The molecule has 0 unspecified atom stereocenters. The number of aryl methyl sites for hydroxylation is 1. The van der Waals surface area contributed by atoms with Crippen LogP contribution in [0.3, 0.4) is 0 Å². The van der Waals surface area contributed by atoms with Crippen LogP contribution in [0.4, 0.5) is 0 Å². The summed E-state index contributed by atoms with van der Waals surface area (Å²) < 4.78 is 5.92. The quantitative estimate of drug-likeness (QED) is 0.711. The zero-order chi connectivity index (χ0) is 17.8. The summed E-state index contributed by atoms with van der Waals surface area (Å²) in [6.45, 7) is 1.93. The number of thiophene rings is 1. The molecule has 3 rings (SSSR count). The van der Waals surface area contributed by atoms with Crippen LogP contribution in [0.2, 0.25) is 0 Å². The fourth-order valence-corrected chi connectivity index (χ4v) is 3.91. The first kappa shape index (κ1) is 17.2. The Morgan fingerprint density at radius 1 is 1.08 bits per heavy atom. The van der Waals surface area contributed by atoms with Crippen molar-refractivity contribution in [2.24, 2.45) is 0 Å². The Balaban J connectivity index is 1.84. The number of benzene rings is 2. The highest BCUT2D eigenvalue weighted by Crippen LogP contribution is 2.30. The molecule has 0 spiro atoms. The number of esters is 1. The van der Waals surface area contributed by atoms with Crippen LogP contribution in [0.5, 0.6) is 0 Å². The highest BCUT2D eigenvalue weighted by atomic mass is 32.1. The van der Waals surface area contributed by atoms with Gasteiger partial charge in [0.05, 0.1) is 12.0 Å². The largest absolute Gasteiger partial charge is 0.467 e. The summed E-state index contributed by atoms with van der Waals surface area (Å²) in [5.74, 6) is -0.694. The van der Waals surface area contributed by atoms with Gasteiger partial charge in [-0.05, 0) is 29.5 Å². The number of rotatable bonds is 5. The van der Waals surface area contributed by atoms with Crippen LogP contribution in [-0.2, 0) is 16.0 Å². The van der Waals surface area contributed by atoms with E-state index in [0.717, 1.165) is 21.2 Å². The maximum Gasteiger partial charge on any atom is 0.328 e. The molecule has 0 aliphatic carbocycles. The van der Waals surface area contributed by atoms with Crippen molar-refractivity contribution in [1.29, 1.82) is 0 Å². The summed E-state index contributed by atoms with van der Waals surface area (Å²) in [6.07, 6.45) is 0.392. The first-order valence-electron chi connectivity index (χ1n) is 8.01. The highest BCUT2D eigenvalue weighted by Gasteiger charge is 2.24. The van der Waals surface area contributed by atoms with Gasteiger partial charge in [-0.1, -0.05) is 48.5 Å². The third-order valence-electron chi connectivity index (χ3n) is 4.12. The second kappa shape index (κ2) is 7.49. The lowest BCUT2D eigenvalue weighted by molar-refractivity contribution is -0.142. The van der Waals surface area contributed by atoms with Gasteiger partial charge < -0.3 is 10.1 Å².